The van der Waals surface area contributed by atoms with Gasteiger partial charge in [-0.3, -0.25) is 0 Å². The van der Waals surface area contributed by atoms with Gasteiger partial charge in [0.2, 0.25) is 0 Å². The van der Waals surface area contributed by atoms with Gasteiger partial charge in [0.05, 0.1) is 11.4 Å². The highest BCUT2D eigenvalue weighted by Crippen LogP contribution is 2.27. The fourth-order valence-electron chi connectivity index (χ4n) is 3.75. The molecule has 0 aliphatic carbocycles. The van der Waals surface area contributed by atoms with Gasteiger partial charge in [-0.05, 0) is 44.7 Å². The molecule has 3 aromatic carbocycles. The van der Waals surface area contributed by atoms with Crippen LogP contribution in [0.25, 0.3) is 11.1 Å². The summed E-state index contributed by atoms with van der Waals surface area (Å²) in [6, 6.07) is 26.3. The smallest absolute Gasteiger partial charge is 0.0763 e. The van der Waals surface area contributed by atoms with Crippen LogP contribution in [0.1, 0.15) is 83.1 Å². The van der Waals surface area contributed by atoms with Crippen LogP contribution in [0.3, 0.4) is 0 Å². The van der Waals surface area contributed by atoms with Gasteiger partial charge in [-0.1, -0.05) is 121 Å². The molecule has 1 aliphatic heterocycles. The first-order valence-corrected chi connectivity index (χ1v) is 12.3. The molecule has 0 spiro atoms. The highest BCUT2D eigenvalue weighted by molar-refractivity contribution is 6.20. The van der Waals surface area contributed by atoms with Gasteiger partial charge in [-0.25, -0.2) is 0 Å². The summed E-state index contributed by atoms with van der Waals surface area (Å²) in [4.78, 5) is 0. The quantitative estimate of drug-likeness (QED) is 0.352. The SMILES string of the molecule is C=C.CC.CC(C)c1ccc(C2=NN=C(c3ccc(-c4ccc(C(C)(C)C)cc4)cc3)C2)cc1. The molecule has 0 fully saturated rings. The topological polar surface area (TPSA) is 24.7 Å². The van der Waals surface area contributed by atoms with Crippen molar-refractivity contribution in [3.05, 3.63) is 108 Å². The maximum absolute atomic E-state index is 4.47. The van der Waals surface area contributed by atoms with Gasteiger partial charge in [0.1, 0.15) is 0 Å². The van der Waals surface area contributed by atoms with Gasteiger partial charge in [-0.15, -0.1) is 13.2 Å². The summed E-state index contributed by atoms with van der Waals surface area (Å²) in [7, 11) is 0. The van der Waals surface area contributed by atoms with E-state index in [1.165, 1.54) is 22.3 Å². The summed E-state index contributed by atoms with van der Waals surface area (Å²) in [5, 5.41) is 8.92. The summed E-state index contributed by atoms with van der Waals surface area (Å²) in [6.45, 7) is 21.2. The van der Waals surface area contributed by atoms with E-state index in [1.54, 1.807) is 0 Å². The van der Waals surface area contributed by atoms with E-state index in [-0.39, 0.29) is 5.41 Å². The average molecular weight is 453 g/mol. The first-order chi connectivity index (χ1) is 16.3. The van der Waals surface area contributed by atoms with Crippen LogP contribution < -0.4 is 0 Å². The standard InChI is InChI=1S/C28H30N2.C2H6.C2H4/c1-19(2)20-6-10-23(11-7-20)26-18-27(30-29-26)24-12-8-21(9-13-24)22-14-16-25(17-15-22)28(3,4)5;2*1-2/h6-17,19H,18H2,1-5H3;1-2H3;1-2H2. The lowest BCUT2D eigenvalue weighted by atomic mass is 9.86. The van der Waals surface area contributed by atoms with Gasteiger partial charge in [-0.2, -0.15) is 10.2 Å². The first kappa shape index (κ1) is 27.0. The lowest BCUT2D eigenvalue weighted by molar-refractivity contribution is 0.590. The Kier molecular flexibility index (Phi) is 9.74. The predicted molar refractivity (Wildman–Crippen MR) is 151 cm³/mol. The molecule has 1 aliphatic rings. The van der Waals surface area contributed by atoms with Crippen molar-refractivity contribution in [2.45, 2.75) is 66.2 Å². The molecule has 0 amide bonds. The molecule has 2 heteroatoms. The Morgan fingerprint density at radius 3 is 1.35 bits per heavy atom. The van der Waals surface area contributed by atoms with Gasteiger partial charge in [0.25, 0.3) is 0 Å². The van der Waals surface area contributed by atoms with Gasteiger partial charge < -0.3 is 0 Å². The first-order valence-electron chi connectivity index (χ1n) is 12.3. The van der Waals surface area contributed by atoms with Crippen molar-refractivity contribution in [3.8, 4) is 11.1 Å². The molecular weight excluding hydrogens is 412 g/mol. The molecule has 0 bridgehead atoms. The van der Waals surface area contributed by atoms with E-state index in [4.69, 9.17) is 0 Å². The highest BCUT2D eigenvalue weighted by atomic mass is 15.2. The molecule has 0 unspecified atom stereocenters. The van der Waals surface area contributed by atoms with Crippen LogP contribution in [-0.4, -0.2) is 11.4 Å². The Morgan fingerprint density at radius 1 is 0.618 bits per heavy atom. The minimum atomic E-state index is 0.176. The molecule has 0 saturated carbocycles. The van der Waals surface area contributed by atoms with Crippen LogP contribution in [0.4, 0.5) is 0 Å². The van der Waals surface area contributed by atoms with E-state index in [1.807, 2.05) is 13.8 Å². The lowest BCUT2D eigenvalue weighted by Crippen LogP contribution is -2.10. The molecule has 0 radical (unpaired) electrons. The minimum absolute atomic E-state index is 0.176. The fraction of sp³-hybridized carbons (Fsp3) is 0.312. The second-order valence-corrected chi connectivity index (χ2v) is 9.45. The van der Waals surface area contributed by atoms with E-state index in [2.05, 4.69) is 131 Å². The number of nitrogens with zero attached hydrogens (tertiary/aromatic N) is 2. The Balaban J connectivity index is 0.000000970. The molecule has 34 heavy (non-hydrogen) atoms. The Labute approximate surface area is 207 Å². The average Bonchev–Trinajstić information content (AvgIpc) is 3.37. The Bertz CT molecular complexity index is 1090. The van der Waals surface area contributed by atoms with Crippen LogP contribution in [0.5, 0.6) is 0 Å². The van der Waals surface area contributed by atoms with Crippen molar-refractivity contribution in [1.82, 2.24) is 0 Å². The van der Waals surface area contributed by atoms with Crippen molar-refractivity contribution >= 4 is 11.4 Å². The van der Waals surface area contributed by atoms with Gasteiger partial charge in [0.15, 0.2) is 0 Å². The third kappa shape index (κ3) is 6.63. The van der Waals surface area contributed by atoms with Crippen molar-refractivity contribution in [1.29, 1.82) is 0 Å². The van der Waals surface area contributed by atoms with Crippen molar-refractivity contribution in [2.75, 3.05) is 0 Å². The van der Waals surface area contributed by atoms with Crippen LogP contribution in [-0.2, 0) is 5.41 Å². The Hall–Kier alpha value is -3.26. The number of hydrogen-bond acceptors (Lipinski definition) is 2. The summed E-state index contributed by atoms with van der Waals surface area (Å²) in [6.07, 6.45) is 0.778. The normalized spacial score (nSPS) is 12.7. The van der Waals surface area contributed by atoms with E-state index in [0.29, 0.717) is 5.92 Å². The van der Waals surface area contributed by atoms with Crippen LogP contribution in [0.15, 0.2) is 96.2 Å². The third-order valence-corrected chi connectivity index (χ3v) is 5.84. The van der Waals surface area contributed by atoms with Gasteiger partial charge >= 0.3 is 0 Å². The molecule has 2 nitrogen and oxygen atoms in total. The molecule has 3 aromatic rings. The highest BCUT2D eigenvalue weighted by Gasteiger charge is 2.17. The molecule has 0 atom stereocenters. The lowest BCUT2D eigenvalue weighted by Gasteiger charge is -2.19. The summed E-state index contributed by atoms with van der Waals surface area (Å²) in [5.41, 5.74) is 9.73. The molecule has 4 rings (SSSR count). The van der Waals surface area contributed by atoms with Crippen LogP contribution >= 0.6 is 0 Å². The van der Waals surface area contributed by atoms with Crippen molar-refractivity contribution < 1.29 is 0 Å². The summed E-state index contributed by atoms with van der Waals surface area (Å²) in [5.74, 6) is 0.541. The maximum atomic E-state index is 4.47. The van der Waals surface area contributed by atoms with E-state index in [0.717, 1.165) is 29.0 Å². The monoisotopic (exact) mass is 452 g/mol. The molecule has 0 aromatic heterocycles. The van der Waals surface area contributed by atoms with E-state index < -0.39 is 0 Å². The fourth-order valence-corrected chi connectivity index (χ4v) is 3.75. The second-order valence-electron chi connectivity index (χ2n) is 9.45. The molecule has 178 valence electrons. The predicted octanol–water partition coefficient (Wildman–Crippen LogP) is 9.20. The summed E-state index contributed by atoms with van der Waals surface area (Å²) >= 11 is 0. The number of hydrogen-bond donors (Lipinski definition) is 0. The van der Waals surface area contributed by atoms with Gasteiger partial charge in [0, 0.05) is 6.42 Å². The zero-order chi connectivity index (χ0) is 25.3. The van der Waals surface area contributed by atoms with Crippen molar-refractivity contribution in [2.24, 2.45) is 10.2 Å². The van der Waals surface area contributed by atoms with Crippen LogP contribution in [0, 0.1) is 0 Å². The largest absolute Gasteiger partial charge is 0.154 e. The van der Waals surface area contributed by atoms with E-state index in [9.17, 15) is 0 Å². The minimum Gasteiger partial charge on any atom is -0.154 e. The second kappa shape index (κ2) is 12.3. The Morgan fingerprint density at radius 2 is 0.971 bits per heavy atom. The molecule has 0 N–H and O–H groups in total. The molecular formula is C32H40N2. The van der Waals surface area contributed by atoms with Crippen LogP contribution in [0.2, 0.25) is 0 Å². The summed E-state index contributed by atoms with van der Waals surface area (Å²) < 4.78 is 0. The zero-order valence-corrected chi connectivity index (χ0v) is 22.0. The molecule has 0 saturated heterocycles. The zero-order valence-electron chi connectivity index (χ0n) is 22.0. The third-order valence-electron chi connectivity index (χ3n) is 5.84. The molecule has 1 heterocycles. The number of benzene rings is 3. The van der Waals surface area contributed by atoms with E-state index >= 15 is 0 Å². The maximum Gasteiger partial charge on any atom is 0.0763 e. The number of rotatable bonds is 4. The van der Waals surface area contributed by atoms with Crippen molar-refractivity contribution in [3.63, 3.8) is 0 Å².